The predicted molar refractivity (Wildman–Crippen MR) is 76.7 cm³/mol. The maximum atomic E-state index is 9.20. The normalized spacial score (nSPS) is 10.5. The first-order valence-electron chi connectivity index (χ1n) is 5.07. The maximum absolute atomic E-state index is 9.20. The third-order valence-corrected chi connectivity index (χ3v) is 4.81. The highest BCUT2D eigenvalue weighted by molar-refractivity contribution is 9.10. The monoisotopic (exact) mass is 331 g/mol. The molecule has 2 aromatic rings. The number of halogens is 2. The average molecular weight is 333 g/mol. The predicted octanol–water partition coefficient (Wildman–Crippen LogP) is 4.27. The second-order valence-corrected chi connectivity index (χ2v) is 6.10. The number of hydrogen-bond donors (Lipinski definition) is 2. The van der Waals surface area contributed by atoms with Crippen LogP contribution >= 0.6 is 38.9 Å². The Kier molecular flexibility index (Phi) is 4.45. The number of thiophene rings is 1. The standard InChI is InChI=1S/C12H11BrClNOS/c13-10-5-9(17-12(10)14)6-15-11-4-2-1-3-8(11)7-16/h1-5,15-16H,6-7H2. The number of nitrogens with one attached hydrogen (secondary N) is 1. The molecule has 0 aliphatic heterocycles. The van der Waals surface area contributed by atoms with E-state index in [2.05, 4.69) is 21.2 Å². The maximum Gasteiger partial charge on any atom is 0.107 e. The molecule has 17 heavy (non-hydrogen) atoms. The third kappa shape index (κ3) is 3.22. The minimum Gasteiger partial charge on any atom is -0.392 e. The van der Waals surface area contributed by atoms with Gasteiger partial charge in [-0.2, -0.15) is 0 Å². The van der Waals surface area contributed by atoms with Crippen LogP contribution in [0.3, 0.4) is 0 Å². The fourth-order valence-electron chi connectivity index (χ4n) is 1.49. The van der Waals surface area contributed by atoms with Gasteiger partial charge in [0.15, 0.2) is 0 Å². The van der Waals surface area contributed by atoms with Gasteiger partial charge in [0.2, 0.25) is 0 Å². The summed E-state index contributed by atoms with van der Waals surface area (Å²) in [4.78, 5) is 1.15. The van der Waals surface area contributed by atoms with Gasteiger partial charge in [0, 0.05) is 27.1 Å². The SMILES string of the molecule is OCc1ccccc1NCc1cc(Br)c(Cl)s1. The molecule has 90 valence electrons. The minimum absolute atomic E-state index is 0.0397. The highest BCUT2D eigenvalue weighted by Gasteiger charge is 2.05. The van der Waals surface area contributed by atoms with Gasteiger partial charge in [-0.3, -0.25) is 0 Å². The molecule has 0 bridgehead atoms. The molecule has 0 amide bonds. The molecule has 0 unspecified atom stereocenters. The average Bonchev–Trinajstić information content (AvgIpc) is 2.66. The first-order chi connectivity index (χ1) is 8.20. The van der Waals surface area contributed by atoms with Crippen molar-refractivity contribution in [2.45, 2.75) is 13.2 Å². The molecule has 0 aliphatic rings. The Balaban J connectivity index is 2.07. The van der Waals surface area contributed by atoms with E-state index in [0.717, 1.165) is 24.9 Å². The Morgan fingerprint density at radius 2 is 2.12 bits per heavy atom. The molecule has 1 aromatic heterocycles. The molecule has 0 fully saturated rings. The Labute approximate surface area is 117 Å². The van der Waals surface area contributed by atoms with Crippen LogP contribution in [0.4, 0.5) is 5.69 Å². The van der Waals surface area contributed by atoms with Crippen LogP contribution in [-0.2, 0) is 13.2 Å². The molecular weight excluding hydrogens is 322 g/mol. The van der Waals surface area contributed by atoms with Gasteiger partial charge in [-0.1, -0.05) is 29.8 Å². The Hall–Kier alpha value is -0.550. The summed E-state index contributed by atoms with van der Waals surface area (Å²) < 4.78 is 1.69. The molecule has 5 heteroatoms. The number of hydrogen-bond acceptors (Lipinski definition) is 3. The number of para-hydroxylation sites is 1. The second-order valence-electron chi connectivity index (χ2n) is 3.50. The summed E-state index contributed by atoms with van der Waals surface area (Å²) >= 11 is 10.9. The molecule has 1 aromatic carbocycles. The number of rotatable bonds is 4. The molecular formula is C12H11BrClNOS. The van der Waals surface area contributed by atoms with E-state index in [0.29, 0.717) is 6.54 Å². The summed E-state index contributed by atoms with van der Waals surface area (Å²) in [6, 6.07) is 9.71. The Morgan fingerprint density at radius 3 is 2.76 bits per heavy atom. The van der Waals surface area contributed by atoms with Crippen molar-refractivity contribution in [2.75, 3.05) is 5.32 Å². The lowest BCUT2D eigenvalue weighted by atomic mass is 10.2. The lowest BCUT2D eigenvalue weighted by molar-refractivity contribution is 0.282. The van der Waals surface area contributed by atoms with E-state index in [1.54, 1.807) is 11.3 Å². The minimum atomic E-state index is 0.0397. The zero-order chi connectivity index (χ0) is 12.3. The van der Waals surface area contributed by atoms with Crippen LogP contribution in [0.25, 0.3) is 0 Å². The summed E-state index contributed by atoms with van der Waals surface area (Å²) in [5.41, 5.74) is 1.85. The lowest BCUT2D eigenvalue weighted by Crippen LogP contribution is -2.00. The van der Waals surface area contributed by atoms with Crippen LogP contribution in [0.1, 0.15) is 10.4 Å². The molecule has 2 rings (SSSR count). The highest BCUT2D eigenvalue weighted by atomic mass is 79.9. The first-order valence-corrected chi connectivity index (χ1v) is 7.06. The van der Waals surface area contributed by atoms with Gasteiger partial charge < -0.3 is 10.4 Å². The van der Waals surface area contributed by atoms with E-state index >= 15 is 0 Å². The van der Waals surface area contributed by atoms with Crippen molar-refractivity contribution < 1.29 is 5.11 Å². The topological polar surface area (TPSA) is 32.3 Å². The van der Waals surface area contributed by atoms with Crippen molar-refractivity contribution in [3.8, 4) is 0 Å². The number of aliphatic hydroxyl groups is 1. The van der Waals surface area contributed by atoms with E-state index in [-0.39, 0.29) is 6.61 Å². The molecule has 0 aliphatic carbocycles. The van der Waals surface area contributed by atoms with Gasteiger partial charge in [0.05, 0.1) is 6.61 Å². The van der Waals surface area contributed by atoms with E-state index < -0.39 is 0 Å². The van der Waals surface area contributed by atoms with Crippen molar-refractivity contribution >= 4 is 44.6 Å². The smallest absolute Gasteiger partial charge is 0.107 e. The quantitative estimate of drug-likeness (QED) is 0.876. The van der Waals surface area contributed by atoms with Crippen molar-refractivity contribution in [1.82, 2.24) is 0 Å². The van der Waals surface area contributed by atoms with Crippen LogP contribution in [0.2, 0.25) is 4.34 Å². The van der Waals surface area contributed by atoms with Gasteiger partial charge >= 0.3 is 0 Å². The number of benzene rings is 1. The fourth-order valence-corrected chi connectivity index (χ4v) is 3.22. The molecule has 2 nitrogen and oxygen atoms in total. The second kappa shape index (κ2) is 5.87. The van der Waals surface area contributed by atoms with Crippen molar-refractivity contribution in [2.24, 2.45) is 0 Å². The van der Waals surface area contributed by atoms with E-state index in [4.69, 9.17) is 11.6 Å². The molecule has 0 saturated heterocycles. The van der Waals surface area contributed by atoms with Crippen molar-refractivity contribution in [3.63, 3.8) is 0 Å². The summed E-state index contributed by atoms with van der Waals surface area (Å²) in [7, 11) is 0. The molecule has 0 saturated carbocycles. The molecule has 0 radical (unpaired) electrons. The van der Waals surface area contributed by atoms with Gasteiger partial charge in [0.25, 0.3) is 0 Å². The molecule has 2 N–H and O–H groups in total. The highest BCUT2D eigenvalue weighted by Crippen LogP contribution is 2.32. The van der Waals surface area contributed by atoms with Crippen LogP contribution < -0.4 is 5.32 Å². The number of aliphatic hydroxyl groups excluding tert-OH is 1. The fraction of sp³-hybridized carbons (Fsp3) is 0.167. The largest absolute Gasteiger partial charge is 0.392 e. The Bertz CT molecular complexity index is 495. The summed E-state index contributed by atoms with van der Waals surface area (Å²) in [6.45, 7) is 0.741. The van der Waals surface area contributed by atoms with Gasteiger partial charge in [-0.25, -0.2) is 0 Å². The Morgan fingerprint density at radius 1 is 1.35 bits per heavy atom. The van der Waals surface area contributed by atoms with E-state index in [9.17, 15) is 5.11 Å². The van der Waals surface area contributed by atoms with Crippen molar-refractivity contribution in [3.05, 3.63) is 49.6 Å². The number of anilines is 1. The molecule has 1 heterocycles. The van der Waals surface area contributed by atoms with Gasteiger partial charge in [0.1, 0.15) is 4.34 Å². The lowest BCUT2D eigenvalue weighted by Gasteiger charge is -2.08. The first kappa shape index (κ1) is 12.9. The summed E-state index contributed by atoms with van der Waals surface area (Å²) in [5, 5.41) is 12.5. The van der Waals surface area contributed by atoms with Crippen LogP contribution in [0.5, 0.6) is 0 Å². The zero-order valence-electron chi connectivity index (χ0n) is 8.91. The van der Waals surface area contributed by atoms with Gasteiger partial charge in [-0.15, -0.1) is 11.3 Å². The van der Waals surface area contributed by atoms with Crippen LogP contribution in [0, 0.1) is 0 Å². The summed E-state index contributed by atoms with van der Waals surface area (Å²) in [5.74, 6) is 0. The molecule has 0 spiro atoms. The zero-order valence-corrected chi connectivity index (χ0v) is 12.1. The van der Waals surface area contributed by atoms with E-state index in [1.807, 2.05) is 30.3 Å². The van der Waals surface area contributed by atoms with Crippen molar-refractivity contribution in [1.29, 1.82) is 0 Å². The van der Waals surface area contributed by atoms with Crippen LogP contribution in [0.15, 0.2) is 34.8 Å². The van der Waals surface area contributed by atoms with Gasteiger partial charge in [-0.05, 0) is 28.1 Å². The molecule has 0 atom stereocenters. The van der Waals surface area contributed by atoms with Crippen LogP contribution in [-0.4, -0.2) is 5.11 Å². The third-order valence-electron chi connectivity index (χ3n) is 2.34. The summed E-state index contributed by atoms with van der Waals surface area (Å²) in [6.07, 6.45) is 0. The van der Waals surface area contributed by atoms with E-state index in [1.165, 1.54) is 0 Å².